The van der Waals surface area contributed by atoms with Gasteiger partial charge in [-0.25, -0.2) is 4.39 Å². The summed E-state index contributed by atoms with van der Waals surface area (Å²) in [5, 5.41) is 2.85. The molecule has 2 atom stereocenters. The molecule has 1 amide bonds. The number of benzene rings is 1. The maximum atomic E-state index is 13.8. The Morgan fingerprint density at radius 2 is 2.04 bits per heavy atom. The van der Waals surface area contributed by atoms with Crippen LogP contribution in [0.25, 0.3) is 0 Å². The second kappa shape index (κ2) is 8.41. The van der Waals surface area contributed by atoms with Crippen LogP contribution in [0.1, 0.15) is 18.5 Å². The molecule has 3 N–H and O–H groups in total. The third-order valence-corrected chi connectivity index (χ3v) is 4.34. The minimum Gasteiger partial charge on any atom is -0.383 e. The van der Waals surface area contributed by atoms with Gasteiger partial charge in [-0.05, 0) is 32.2 Å². The Hall–Kier alpha value is -1.70. The molecule has 1 heterocycles. The first-order valence-corrected chi connectivity index (χ1v) is 8.20. The predicted molar refractivity (Wildman–Crippen MR) is 92.5 cm³/mol. The SMILES string of the molecule is COCC(N)C(=O)NC(C)c1cc(F)ccc1N1CCN(C)CC1. The van der Waals surface area contributed by atoms with Crippen molar-refractivity contribution in [1.82, 2.24) is 10.2 Å². The van der Waals surface area contributed by atoms with Crippen molar-refractivity contribution in [2.75, 3.05) is 51.8 Å². The number of halogens is 1. The molecular weight excluding hydrogens is 311 g/mol. The highest BCUT2D eigenvalue weighted by Gasteiger charge is 2.22. The van der Waals surface area contributed by atoms with Crippen LogP contribution in [0.4, 0.5) is 10.1 Å². The highest BCUT2D eigenvalue weighted by atomic mass is 19.1. The second-order valence-corrected chi connectivity index (χ2v) is 6.29. The molecule has 2 rings (SSSR count). The average molecular weight is 338 g/mol. The van der Waals surface area contributed by atoms with Crippen molar-refractivity contribution in [3.63, 3.8) is 0 Å². The fourth-order valence-corrected chi connectivity index (χ4v) is 2.86. The molecule has 134 valence electrons. The largest absolute Gasteiger partial charge is 0.383 e. The highest BCUT2D eigenvalue weighted by molar-refractivity contribution is 5.82. The van der Waals surface area contributed by atoms with Crippen molar-refractivity contribution in [3.8, 4) is 0 Å². The number of rotatable bonds is 6. The molecule has 24 heavy (non-hydrogen) atoms. The number of nitrogens with one attached hydrogen (secondary N) is 1. The Bertz CT molecular complexity index is 562. The number of carbonyl (C=O) groups is 1. The van der Waals surface area contributed by atoms with Gasteiger partial charge in [-0.1, -0.05) is 0 Å². The van der Waals surface area contributed by atoms with Crippen molar-refractivity contribution in [3.05, 3.63) is 29.6 Å². The van der Waals surface area contributed by atoms with E-state index in [2.05, 4.69) is 22.2 Å². The van der Waals surface area contributed by atoms with E-state index in [1.54, 1.807) is 6.07 Å². The molecule has 0 spiro atoms. The maximum Gasteiger partial charge on any atom is 0.239 e. The van der Waals surface area contributed by atoms with Gasteiger partial charge in [0.2, 0.25) is 5.91 Å². The molecule has 1 aliphatic heterocycles. The number of hydrogen-bond acceptors (Lipinski definition) is 5. The van der Waals surface area contributed by atoms with Crippen LogP contribution >= 0.6 is 0 Å². The number of piperazine rings is 1. The normalized spacial score (nSPS) is 18.3. The number of likely N-dealkylation sites (N-methyl/N-ethyl adjacent to an activating group) is 1. The van der Waals surface area contributed by atoms with Gasteiger partial charge in [0.1, 0.15) is 11.9 Å². The van der Waals surface area contributed by atoms with Gasteiger partial charge in [0.25, 0.3) is 0 Å². The Balaban J connectivity index is 2.15. The Morgan fingerprint density at radius 1 is 1.38 bits per heavy atom. The van der Waals surface area contributed by atoms with Crippen molar-refractivity contribution in [1.29, 1.82) is 0 Å². The molecule has 0 aliphatic carbocycles. The van der Waals surface area contributed by atoms with Crippen LogP contribution in [0.2, 0.25) is 0 Å². The lowest BCUT2D eigenvalue weighted by molar-refractivity contribution is -0.124. The number of amides is 1. The van der Waals surface area contributed by atoms with E-state index in [4.69, 9.17) is 10.5 Å². The van der Waals surface area contributed by atoms with Crippen molar-refractivity contribution < 1.29 is 13.9 Å². The molecule has 1 aromatic rings. The predicted octanol–water partition coefficient (Wildman–Crippen LogP) is 0.728. The Labute approximate surface area is 142 Å². The molecule has 0 saturated carbocycles. The number of nitrogens with zero attached hydrogens (tertiary/aromatic N) is 2. The number of nitrogens with two attached hydrogens (primary N) is 1. The highest BCUT2D eigenvalue weighted by Crippen LogP contribution is 2.28. The molecular formula is C17H27FN4O2. The number of carbonyl (C=O) groups excluding carboxylic acids is 1. The first-order chi connectivity index (χ1) is 11.4. The van der Waals surface area contributed by atoms with Crippen LogP contribution in [0.15, 0.2) is 18.2 Å². The summed E-state index contributed by atoms with van der Waals surface area (Å²) >= 11 is 0. The fourth-order valence-electron chi connectivity index (χ4n) is 2.86. The first-order valence-electron chi connectivity index (χ1n) is 8.20. The number of methoxy groups -OCH3 is 1. The van der Waals surface area contributed by atoms with Crippen molar-refractivity contribution in [2.24, 2.45) is 5.73 Å². The zero-order valence-electron chi connectivity index (χ0n) is 14.6. The molecule has 2 unspecified atom stereocenters. The number of ether oxygens (including phenoxy) is 1. The summed E-state index contributed by atoms with van der Waals surface area (Å²) in [6, 6.07) is 3.65. The zero-order chi connectivity index (χ0) is 17.7. The zero-order valence-corrected chi connectivity index (χ0v) is 14.6. The first kappa shape index (κ1) is 18.6. The van der Waals surface area contributed by atoms with E-state index in [9.17, 15) is 9.18 Å². The van der Waals surface area contributed by atoms with Crippen LogP contribution in [-0.2, 0) is 9.53 Å². The van der Waals surface area contributed by atoms with Gasteiger partial charge in [0.05, 0.1) is 12.6 Å². The monoisotopic (exact) mass is 338 g/mol. The minimum atomic E-state index is -0.738. The van der Waals surface area contributed by atoms with E-state index in [1.807, 2.05) is 6.92 Å². The van der Waals surface area contributed by atoms with E-state index >= 15 is 0 Å². The van der Waals surface area contributed by atoms with Gasteiger partial charge in [-0.3, -0.25) is 4.79 Å². The van der Waals surface area contributed by atoms with E-state index in [0.29, 0.717) is 0 Å². The second-order valence-electron chi connectivity index (χ2n) is 6.29. The summed E-state index contributed by atoms with van der Waals surface area (Å²) in [5.74, 6) is -0.622. The molecule has 1 aromatic carbocycles. The smallest absolute Gasteiger partial charge is 0.239 e. The number of anilines is 1. The third kappa shape index (κ3) is 4.66. The van der Waals surface area contributed by atoms with Gasteiger partial charge >= 0.3 is 0 Å². The topological polar surface area (TPSA) is 70.8 Å². The van der Waals surface area contributed by atoms with Crippen LogP contribution in [0.5, 0.6) is 0 Å². The summed E-state index contributed by atoms with van der Waals surface area (Å²) in [7, 11) is 3.58. The van der Waals surface area contributed by atoms with Gasteiger partial charge in [-0.2, -0.15) is 0 Å². The third-order valence-electron chi connectivity index (χ3n) is 4.34. The standard InChI is InChI=1S/C17H27FN4O2/c1-12(20-17(23)15(19)11-24-3)14-10-13(18)4-5-16(14)22-8-6-21(2)7-9-22/h4-5,10,12,15H,6-9,11,19H2,1-3H3,(H,20,23). The average Bonchev–Trinajstić information content (AvgIpc) is 2.56. The molecule has 0 aromatic heterocycles. The fraction of sp³-hybridized carbons (Fsp3) is 0.588. The summed E-state index contributed by atoms with van der Waals surface area (Å²) in [6.45, 7) is 5.64. The molecule has 1 fully saturated rings. The molecule has 6 nitrogen and oxygen atoms in total. The molecule has 1 saturated heterocycles. The summed E-state index contributed by atoms with van der Waals surface area (Å²) in [6.07, 6.45) is 0. The molecule has 7 heteroatoms. The molecule has 0 bridgehead atoms. The lowest BCUT2D eigenvalue weighted by Crippen LogP contribution is -2.46. The van der Waals surface area contributed by atoms with Crippen molar-refractivity contribution in [2.45, 2.75) is 19.0 Å². The van der Waals surface area contributed by atoms with Gasteiger partial charge in [0, 0.05) is 44.5 Å². The van der Waals surface area contributed by atoms with E-state index in [1.165, 1.54) is 19.2 Å². The Kier molecular flexibility index (Phi) is 6.53. The van der Waals surface area contributed by atoms with E-state index in [-0.39, 0.29) is 24.4 Å². The van der Waals surface area contributed by atoms with Crippen LogP contribution < -0.4 is 16.0 Å². The van der Waals surface area contributed by atoms with E-state index < -0.39 is 6.04 Å². The van der Waals surface area contributed by atoms with Gasteiger partial charge < -0.3 is 25.6 Å². The van der Waals surface area contributed by atoms with Crippen LogP contribution in [-0.4, -0.2) is 63.8 Å². The summed E-state index contributed by atoms with van der Waals surface area (Å²) in [5.41, 5.74) is 7.47. The Morgan fingerprint density at radius 3 is 2.67 bits per heavy atom. The lowest BCUT2D eigenvalue weighted by Gasteiger charge is -2.36. The minimum absolute atomic E-state index is 0.146. The van der Waals surface area contributed by atoms with Gasteiger partial charge in [-0.15, -0.1) is 0 Å². The van der Waals surface area contributed by atoms with E-state index in [0.717, 1.165) is 37.4 Å². The van der Waals surface area contributed by atoms with Gasteiger partial charge in [0.15, 0.2) is 0 Å². The van der Waals surface area contributed by atoms with Crippen LogP contribution in [0.3, 0.4) is 0 Å². The van der Waals surface area contributed by atoms with Crippen molar-refractivity contribution >= 4 is 11.6 Å². The molecule has 1 aliphatic rings. The summed E-state index contributed by atoms with van der Waals surface area (Å²) in [4.78, 5) is 16.6. The number of hydrogen-bond donors (Lipinski definition) is 2. The van der Waals surface area contributed by atoms with Crippen LogP contribution in [0, 0.1) is 5.82 Å². The maximum absolute atomic E-state index is 13.8. The molecule has 0 radical (unpaired) electrons. The lowest BCUT2D eigenvalue weighted by atomic mass is 10.0. The summed E-state index contributed by atoms with van der Waals surface area (Å²) < 4.78 is 18.7. The quantitative estimate of drug-likeness (QED) is 0.800.